The molecule has 0 aromatic carbocycles. The zero-order valence-corrected chi connectivity index (χ0v) is 15.6. The molecule has 4 rings (SSSR count). The lowest BCUT2D eigenvalue weighted by Crippen LogP contribution is -2.29. The predicted octanol–water partition coefficient (Wildman–Crippen LogP) is -0.866. The molecule has 5 N–H and O–H groups in total. The van der Waals surface area contributed by atoms with E-state index in [9.17, 15) is 15.3 Å². The molecule has 0 bridgehead atoms. The number of anilines is 1. The summed E-state index contributed by atoms with van der Waals surface area (Å²) in [5.74, 6) is 1.19. The van der Waals surface area contributed by atoms with Gasteiger partial charge in [-0.15, -0.1) is 0 Å². The first-order chi connectivity index (χ1) is 14.0. The summed E-state index contributed by atoms with van der Waals surface area (Å²) in [7, 11) is 0. The van der Waals surface area contributed by atoms with Gasteiger partial charge in [0.25, 0.3) is 0 Å². The average molecular weight is 406 g/mol. The highest BCUT2D eigenvalue weighted by Crippen LogP contribution is 2.39. The van der Waals surface area contributed by atoms with Gasteiger partial charge in [-0.25, -0.2) is 19.9 Å². The number of rotatable bonds is 7. The number of oxazole rings is 1. The molecular weight excluding hydrogens is 384 g/mol. The molecule has 1 aliphatic heterocycles. The van der Waals surface area contributed by atoms with Crippen LogP contribution in [-0.4, -0.2) is 76.4 Å². The van der Waals surface area contributed by atoms with E-state index in [1.807, 2.05) is 6.92 Å². The number of nitrogens with one attached hydrogen (secondary N) is 1. The minimum absolute atomic E-state index is 0.0722. The molecule has 1 saturated heterocycles. The normalized spacial score (nSPS) is 25.6. The largest absolute Gasteiger partial charge is 0.443 e. The van der Waals surface area contributed by atoms with Crippen molar-refractivity contribution in [3.05, 3.63) is 30.5 Å². The molecular formula is C17H22N6O6. The second-order valence-electron chi connectivity index (χ2n) is 6.71. The highest BCUT2D eigenvalue weighted by molar-refractivity contribution is 5.82. The number of nitrogens with zero attached hydrogens (tertiary/aromatic N) is 5. The van der Waals surface area contributed by atoms with Crippen LogP contribution in [0.2, 0.25) is 0 Å². The van der Waals surface area contributed by atoms with E-state index in [-0.39, 0.29) is 12.4 Å². The Bertz CT molecular complexity index is 976. The lowest BCUT2D eigenvalue weighted by molar-refractivity contribution is -0.0439. The molecule has 1 unspecified atom stereocenters. The van der Waals surface area contributed by atoms with Crippen LogP contribution in [-0.2, 0) is 11.2 Å². The summed E-state index contributed by atoms with van der Waals surface area (Å²) in [5, 5.41) is 42.3. The van der Waals surface area contributed by atoms with Crippen LogP contribution in [0, 0.1) is 0 Å². The third-order valence-corrected chi connectivity index (χ3v) is 4.75. The van der Waals surface area contributed by atoms with Gasteiger partial charge in [0.05, 0.1) is 25.2 Å². The number of aryl methyl sites for hydroxylation is 1. The average Bonchev–Trinajstić information content (AvgIpc) is 3.45. The van der Waals surface area contributed by atoms with Crippen LogP contribution in [0.15, 0.2) is 23.3 Å². The van der Waals surface area contributed by atoms with Gasteiger partial charge >= 0.3 is 0 Å². The summed E-state index contributed by atoms with van der Waals surface area (Å²) in [6.07, 6.45) is -0.457. The molecule has 0 saturated carbocycles. The second kappa shape index (κ2) is 8.00. The number of fused-ring (bicyclic) bond motifs is 1. The van der Waals surface area contributed by atoms with E-state index in [0.717, 1.165) is 0 Å². The number of imidazole rings is 1. The molecule has 29 heavy (non-hydrogen) atoms. The van der Waals surface area contributed by atoms with Crippen LogP contribution in [0.1, 0.15) is 30.9 Å². The zero-order valence-electron chi connectivity index (χ0n) is 15.6. The van der Waals surface area contributed by atoms with E-state index < -0.39 is 37.3 Å². The zero-order chi connectivity index (χ0) is 20.5. The van der Waals surface area contributed by atoms with Gasteiger partial charge in [0.1, 0.15) is 24.3 Å². The Morgan fingerprint density at radius 3 is 2.76 bits per heavy atom. The van der Waals surface area contributed by atoms with Gasteiger partial charge in [-0.05, 0) is 0 Å². The molecule has 5 atom stereocenters. The lowest BCUT2D eigenvalue weighted by atomic mass is 10.1. The Hall–Kier alpha value is -2.64. The highest BCUT2D eigenvalue weighted by atomic mass is 16.6. The van der Waals surface area contributed by atoms with Gasteiger partial charge < -0.3 is 34.9 Å². The molecule has 12 heteroatoms. The smallest absolute Gasteiger partial charge is 0.226 e. The topological polar surface area (TPSA) is 172 Å². The number of aliphatic hydroxyl groups is 4. The van der Waals surface area contributed by atoms with Gasteiger partial charge in [0, 0.05) is 13.0 Å². The molecule has 0 spiro atoms. The van der Waals surface area contributed by atoms with E-state index in [4.69, 9.17) is 14.3 Å². The van der Waals surface area contributed by atoms with Crippen molar-refractivity contribution >= 4 is 17.0 Å². The van der Waals surface area contributed by atoms with Gasteiger partial charge in [-0.1, -0.05) is 6.92 Å². The minimum atomic E-state index is -1.27. The second-order valence-corrected chi connectivity index (χ2v) is 6.71. The lowest BCUT2D eigenvalue weighted by Gasteiger charge is -2.16. The molecule has 0 radical (unpaired) electrons. The third-order valence-electron chi connectivity index (χ3n) is 4.75. The maximum absolute atomic E-state index is 10.5. The van der Waals surface area contributed by atoms with Crippen LogP contribution in [0.4, 0.5) is 5.82 Å². The molecule has 4 heterocycles. The standard InChI is InChI=1S/C17H22N6O6/c1-2-9-4-19-16(28-9)13-11(26)12(27)17(29-13)23-7-22-10-14(18-3-8(25)5-24)20-6-21-15(10)23/h4,6-8,11-13,17,24-27H,2-3,5H2,1H3,(H,18,20,21)/t8?,11-,12+,13-,17+/m0/s1. The Balaban J connectivity index is 1.61. The Morgan fingerprint density at radius 1 is 1.21 bits per heavy atom. The Kier molecular flexibility index (Phi) is 5.43. The number of aromatic nitrogens is 5. The van der Waals surface area contributed by atoms with E-state index in [1.165, 1.54) is 17.2 Å². The van der Waals surface area contributed by atoms with Crippen LogP contribution in [0.5, 0.6) is 0 Å². The third kappa shape index (κ3) is 3.56. The first-order valence-corrected chi connectivity index (χ1v) is 9.20. The number of aliphatic hydroxyl groups excluding tert-OH is 4. The summed E-state index contributed by atoms with van der Waals surface area (Å²) >= 11 is 0. The molecule has 1 aliphatic rings. The van der Waals surface area contributed by atoms with Crippen LogP contribution in [0.25, 0.3) is 11.2 Å². The van der Waals surface area contributed by atoms with Crippen LogP contribution < -0.4 is 5.32 Å². The molecule has 3 aromatic rings. The monoisotopic (exact) mass is 406 g/mol. The van der Waals surface area contributed by atoms with Gasteiger partial charge in [-0.3, -0.25) is 4.57 Å². The van der Waals surface area contributed by atoms with E-state index in [0.29, 0.717) is 29.2 Å². The van der Waals surface area contributed by atoms with Crippen molar-refractivity contribution in [3.63, 3.8) is 0 Å². The number of hydrogen-bond acceptors (Lipinski definition) is 11. The molecule has 12 nitrogen and oxygen atoms in total. The van der Waals surface area contributed by atoms with Crippen molar-refractivity contribution in [2.45, 2.75) is 44.0 Å². The van der Waals surface area contributed by atoms with E-state index in [2.05, 4.69) is 25.3 Å². The fraction of sp³-hybridized carbons (Fsp3) is 0.529. The maximum atomic E-state index is 10.5. The maximum Gasteiger partial charge on any atom is 0.226 e. The fourth-order valence-corrected chi connectivity index (χ4v) is 3.16. The van der Waals surface area contributed by atoms with Gasteiger partial charge in [0.15, 0.2) is 29.3 Å². The summed E-state index contributed by atoms with van der Waals surface area (Å²) < 4.78 is 12.9. The molecule has 0 amide bonds. The Morgan fingerprint density at radius 2 is 2.03 bits per heavy atom. The summed E-state index contributed by atoms with van der Waals surface area (Å²) in [6.45, 7) is 1.59. The SMILES string of the molecule is CCc1cnc([C@H]2O[C@@H](n3cnc4c(NCC(O)CO)ncnc43)[C@H](O)[C@@H]2O)o1. The van der Waals surface area contributed by atoms with Crippen molar-refractivity contribution in [2.24, 2.45) is 0 Å². The summed E-state index contributed by atoms with van der Waals surface area (Å²) in [4.78, 5) is 16.7. The molecule has 156 valence electrons. The quantitative estimate of drug-likeness (QED) is 0.330. The number of ether oxygens (including phenoxy) is 1. The highest BCUT2D eigenvalue weighted by Gasteiger charge is 2.47. The van der Waals surface area contributed by atoms with E-state index >= 15 is 0 Å². The van der Waals surface area contributed by atoms with Gasteiger partial charge in [0.2, 0.25) is 5.89 Å². The predicted molar refractivity (Wildman–Crippen MR) is 97.7 cm³/mol. The Labute approximate surface area is 164 Å². The van der Waals surface area contributed by atoms with Crippen molar-refractivity contribution in [1.82, 2.24) is 24.5 Å². The molecule has 0 aliphatic carbocycles. The molecule has 3 aromatic heterocycles. The first-order valence-electron chi connectivity index (χ1n) is 9.20. The van der Waals surface area contributed by atoms with Crippen molar-refractivity contribution in [1.29, 1.82) is 0 Å². The molecule has 1 fully saturated rings. The fourth-order valence-electron chi connectivity index (χ4n) is 3.16. The van der Waals surface area contributed by atoms with Crippen LogP contribution >= 0.6 is 0 Å². The van der Waals surface area contributed by atoms with Gasteiger partial charge in [-0.2, -0.15) is 0 Å². The summed E-state index contributed by atoms with van der Waals surface area (Å²) in [5.41, 5.74) is 0.746. The summed E-state index contributed by atoms with van der Waals surface area (Å²) in [6, 6.07) is 0. The van der Waals surface area contributed by atoms with Crippen molar-refractivity contribution in [3.8, 4) is 0 Å². The van der Waals surface area contributed by atoms with E-state index in [1.54, 1.807) is 6.20 Å². The first kappa shape index (κ1) is 19.7. The van der Waals surface area contributed by atoms with Crippen LogP contribution in [0.3, 0.4) is 0 Å². The minimum Gasteiger partial charge on any atom is -0.443 e. The number of hydrogen-bond donors (Lipinski definition) is 5. The van der Waals surface area contributed by atoms with Crippen molar-refractivity contribution in [2.75, 3.05) is 18.5 Å². The van der Waals surface area contributed by atoms with Crippen molar-refractivity contribution < 1.29 is 29.6 Å².